The molecule has 0 radical (unpaired) electrons. The van der Waals surface area contributed by atoms with Crippen molar-refractivity contribution in [1.82, 2.24) is 4.90 Å². The molecule has 1 rings (SSSR count). The Morgan fingerprint density at radius 1 is 1.50 bits per heavy atom. The van der Waals surface area contributed by atoms with E-state index in [1.54, 1.807) is 4.90 Å². The zero-order valence-electron chi connectivity index (χ0n) is 9.37. The molecule has 4 heteroatoms. The van der Waals surface area contributed by atoms with Crippen LogP contribution in [-0.2, 0) is 9.47 Å². The Bertz CT molecular complexity index is 210. The van der Waals surface area contributed by atoms with E-state index >= 15 is 0 Å². The minimum absolute atomic E-state index is 0.168. The van der Waals surface area contributed by atoms with Gasteiger partial charge in [0, 0.05) is 6.54 Å². The molecule has 82 valence electrons. The van der Waals surface area contributed by atoms with Gasteiger partial charge in [0.2, 0.25) is 0 Å². The van der Waals surface area contributed by atoms with Gasteiger partial charge in [0.25, 0.3) is 0 Å². The summed E-state index contributed by atoms with van der Waals surface area (Å²) >= 11 is 0. The summed E-state index contributed by atoms with van der Waals surface area (Å²) in [5.41, 5.74) is -0.436. The Morgan fingerprint density at radius 2 is 2.14 bits per heavy atom. The first-order chi connectivity index (χ1) is 6.40. The van der Waals surface area contributed by atoms with E-state index in [-0.39, 0.29) is 12.3 Å². The van der Waals surface area contributed by atoms with Crippen molar-refractivity contribution in [2.24, 2.45) is 0 Å². The second kappa shape index (κ2) is 4.17. The van der Waals surface area contributed by atoms with Crippen LogP contribution >= 0.6 is 0 Å². The molecule has 0 aromatic rings. The lowest BCUT2D eigenvalue weighted by Crippen LogP contribution is -2.46. The monoisotopic (exact) mass is 201 g/mol. The lowest BCUT2D eigenvalue weighted by atomic mass is 10.2. The minimum Gasteiger partial charge on any atom is -0.444 e. The highest BCUT2D eigenvalue weighted by Gasteiger charge is 2.28. The quantitative estimate of drug-likeness (QED) is 0.601. The SMILES string of the molecule is CC1OCCCN1C(=O)OC(C)(C)C. The topological polar surface area (TPSA) is 38.8 Å². The fourth-order valence-corrected chi connectivity index (χ4v) is 1.32. The van der Waals surface area contributed by atoms with E-state index < -0.39 is 5.60 Å². The van der Waals surface area contributed by atoms with Crippen LogP contribution in [0.25, 0.3) is 0 Å². The number of hydrogen-bond acceptors (Lipinski definition) is 3. The molecular formula is C10H19NO3. The van der Waals surface area contributed by atoms with Crippen molar-refractivity contribution in [3.63, 3.8) is 0 Å². The zero-order chi connectivity index (χ0) is 10.8. The third-order valence-corrected chi connectivity index (χ3v) is 1.97. The van der Waals surface area contributed by atoms with Crippen LogP contribution < -0.4 is 0 Å². The van der Waals surface area contributed by atoms with Gasteiger partial charge in [-0.05, 0) is 34.1 Å². The first-order valence-electron chi connectivity index (χ1n) is 5.01. The van der Waals surface area contributed by atoms with Crippen LogP contribution in [0.5, 0.6) is 0 Å². The van der Waals surface area contributed by atoms with E-state index in [1.165, 1.54) is 0 Å². The molecule has 4 nitrogen and oxygen atoms in total. The standard InChI is InChI=1S/C10H19NO3/c1-8-11(6-5-7-13-8)9(12)14-10(2,3)4/h8H,5-7H2,1-4H3. The lowest BCUT2D eigenvalue weighted by molar-refractivity contribution is -0.0859. The molecule has 1 saturated heterocycles. The number of rotatable bonds is 0. The van der Waals surface area contributed by atoms with Crippen LogP contribution in [0.15, 0.2) is 0 Å². The Balaban J connectivity index is 2.50. The molecule has 1 atom stereocenters. The molecule has 1 heterocycles. The van der Waals surface area contributed by atoms with Gasteiger partial charge in [-0.25, -0.2) is 4.79 Å². The lowest BCUT2D eigenvalue weighted by Gasteiger charge is -2.34. The molecule has 1 fully saturated rings. The van der Waals surface area contributed by atoms with Gasteiger partial charge in [-0.3, -0.25) is 4.90 Å². The van der Waals surface area contributed by atoms with E-state index in [0.29, 0.717) is 0 Å². The number of carbonyl (C=O) groups excluding carboxylic acids is 1. The van der Waals surface area contributed by atoms with Crippen LogP contribution in [0.3, 0.4) is 0 Å². The van der Waals surface area contributed by atoms with Crippen molar-refractivity contribution in [3.05, 3.63) is 0 Å². The Hall–Kier alpha value is -0.770. The van der Waals surface area contributed by atoms with Crippen LogP contribution in [0.1, 0.15) is 34.1 Å². The number of hydrogen-bond donors (Lipinski definition) is 0. The first kappa shape index (κ1) is 11.3. The average Bonchev–Trinajstić information content (AvgIpc) is 2.01. The highest BCUT2D eigenvalue weighted by molar-refractivity contribution is 5.68. The first-order valence-corrected chi connectivity index (χ1v) is 5.01. The fourth-order valence-electron chi connectivity index (χ4n) is 1.32. The maximum absolute atomic E-state index is 11.6. The molecule has 0 N–H and O–H groups in total. The summed E-state index contributed by atoms with van der Waals surface area (Å²) in [6.45, 7) is 8.89. The minimum atomic E-state index is -0.436. The van der Waals surface area contributed by atoms with E-state index in [1.807, 2.05) is 27.7 Å². The van der Waals surface area contributed by atoms with Gasteiger partial charge >= 0.3 is 6.09 Å². The molecule has 0 spiro atoms. The molecule has 1 amide bonds. The summed E-state index contributed by atoms with van der Waals surface area (Å²) in [6.07, 6.45) is 0.423. The highest BCUT2D eigenvalue weighted by atomic mass is 16.6. The molecule has 1 aliphatic heterocycles. The summed E-state index contributed by atoms with van der Waals surface area (Å²) in [5.74, 6) is 0. The van der Waals surface area contributed by atoms with Crippen molar-refractivity contribution in [2.75, 3.05) is 13.2 Å². The Labute approximate surface area is 85.2 Å². The van der Waals surface area contributed by atoms with E-state index in [0.717, 1.165) is 19.6 Å². The zero-order valence-corrected chi connectivity index (χ0v) is 9.37. The third-order valence-electron chi connectivity index (χ3n) is 1.97. The van der Waals surface area contributed by atoms with Crippen LogP contribution in [0.2, 0.25) is 0 Å². The van der Waals surface area contributed by atoms with Crippen molar-refractivity contribution in [2.45, 2.75) is 45.9 Å². The number of nitrogens with zero attached hydrogens (tertiary/aromatic N) is 1. The third kappa shape index (κ3) is 3.18. The van der Waals surface area contributed by atoms with Crippen LogP contribution in [0.4, 0.5) is 4.79 Å². The summed E-state index contributed by atoms with van der Waals surface area (Å²) < 4.78 is 10.6. The molecule has 1 aliphatic rings. The molecule has 0 aromatic carbocycles. The van der Waals surface area contributed by atoms with Crippen LogP contribution in [0, 0.1) is 0 Å². The number of carbonyl (C=O) groups is 1. The highest BCUT2D eigenvalue weighted by Crippen LogP contribution is 2.15. The second-order valence-corrected chi connectivity index (χ2v) is 4.50. The number of ether oxygens (including phenoxy) is 2. The van der Waals surface area contributed by atoms with E-state index in [2.05, 4.69) is 0 Å². The van der Waals surface area contributed by atoms with Crippen molar-refractivity contribution < 1.29 is 14.3 Å². The predicted molar refractivity (Wildman–Crippen MR) is 53.0 cm³/mol. The van der Waals surface area contributed by atoms with E-state index in [9.17, 15) is 4.79 Å². The van der Waals surface area contributed by atoms with Gasteiger partial charge in [-0.1, -0.05) is 0 Å². The maximum atomic E-state index is 11.6. The van der Waals surface area contributed by atoms with Crippen molar-refractivity contribution in [3.8, 4) is 0 Å². The Kier molecular flexibility index (Phi) is 3.37. The van der Waals surface area contributed by atoms with Gasteiger partial charge in [0.05, 0.1) is 6.61 Å². The molecule has 1 unspecified atom stereocenters. The molecule has 14 heavy (non-hydrogen) atoms. The predicted octanol–water partition coefficient (Wildman–Crippen LogP) is 1.99. The largest absolute Gasteiger partial charge is 0.444 e. The van der Waals surface area contributed by atoms with Crippen LogP contribution in [-0.4, -0.2) is 36.0 Å². The second-order valence-electron chi connectivity index (χ2n) is 4.50. The summed E-state index contributed by atoms with van der Waals surface area (Å²) in [4.78, 5) is 13.3. The van der Waals surface area contributed by atoms with Gasteiger partial charge < -0.3 is 9.47 Å². The van der Waals surface area contributed by atoms with Gasteiger partial charge in [-0.2, -0.15) is 0 Å². The van der Waals surface area contributed by atoms with Gasteiger partial charge in [-0.15, -0.1) is 0 Å². The van der Waals surface area contributed by atoms with Gasteiger partial charge in [0.1, 0.15) is 11.8 Å². The normalized spacial score (nSPS) is 23.4. The summed E-state index contributed by atoms with van der Waals surface area (Å²) in [6, 6.07) is 0. The molecule has 0 aromatic heterocycles. The van der Waals surface area contributed by atoms with Crippen molar-refractivity contribution in [1.29, 1.82) is 0 Å². The molecule has 0 aliphatic carbocycles. The summed E-state index contributed by atoms with van der Waals surface area (Å²) in [7, 11) is 0. The number of amides is 1. The molecular weight excluding hydrogens is 182 g/mol. The smallest absolute Gasteiger partial charge is 0.412 e. The average molecular weight is 201 g/mol. The van der Waals surface area contributed by atoms with Gasteiger partial charge in [0.15, 0.2) is 0 Å². The maximum Gasteiger partial charge on any atom is 0.412 e. The van der Waals surface area contributed by atoms with E-state index in [4.69, 9.17) is 9.47 Å². The fraction of sp³-hybridized carbons (Fsp3) is 0.900. The van der Waals surface area contributed by atoms with Crippen molar-refractivity contribution >= 4 is 6.09 Å². The summed E-state index contributed by atoms with van der Waals surface area (Å²) in [5, 5.41) is 0. The Morgan fingerprint density at radius 3 is 2.64 bits per heavy atom. The molecule has 0 bridgehead atoms. The molecule has 0 saturated carbocycles.